The van der Waals surface area contributed by atoms with Crippen molar-refractivity contribution in [2.24, 2.45) is 4.99 Å². The number of unbranched alkanes of at least 4 members (excludes halogenated alkanes) is 2. The highest BCUT2D eigenvalue weighted by Gasteiger charge is 2.15. The fraction of sp³-hybridized carbons (Fsp3) is 0.348. The molecule has 1 amide bonds. The van der Waals surface area contributed by atoms with Gasteiger partial charge in [0.2, 0.25) is 0 Å². The SMILES string of the molecule is CCCCCOc1ccc(C(=O)N=c2sc3cccc(OC)c3n2CC(=O)OC)cc1. The number of fused-ring (bicyclic) bond motifs is 1. The number of para-hydroxylation sites is 1. The van der Waals surface area contributed by atoms with Gasteiger partial charge in [-0.15, -0.1) is 0 Å². The average Bonchev–Trinajstić information content (AvgIpc) is 3.13. The second kappa shape index (κ2) is 10.8. The Morgan fingerprint density at radius 2 is 1.84 bits per heavy atom. The second-order valence-electron chi connectivity index (χ2n) is 6.85. The number of esters is 1. The summed E-state index contributed by atoms with van der Waals surface area (Å²) in [6.07, 6.45) is 3.26. The normalized spacial score (nSPS) is 11.5. The van der Waals surface area contributed by atoms with Crippen molar-refractivity contribution in [2.75, 3.05) is 20.8 Å². The molecule has 0 unspecified atom stereocenters. The number of benzene rings is 2. The molecule has 0 saturated heterocycles. The molecule has 3 rings (SSSR count). The molecule has 7 nitrogen and oxygen atoms in total. The number of hydrogen-bond acceptors (Lipinski definition) is 6. The number of aromatic nitrogens is 1. The van der Waals surface area contributed by atoms with Gasteiger partial charge in [-0.1, -0.05) is 37.2 Å². The minimum atomic E-state index is -0.441. The summed E-state index contributed by atoms with van der Waals surface area (Å²) in [7, 11) is 2.88. The number of methoxy groups -OCH3 is 2. The van der Waals surface area contributed by atoms with Crippen molar-refractivity contribution in [3.8, 4) is 11.5 Å². The van der Waals surface area contributed by atoms with Gasteiger partial charge < -0.3 is 18.8 Å². The topological polar surface area (TPSA) is 79.1 Å². The first-order valence-corrected chi connectivity index (χ1v) is 10.9. The number of carbonyl (C=O) groups is 2. The van der Waals surface area contributed by atoms with Crippen LogP contribution in [0.25, 0.3) is 10.2 Å². The molecule has 0 aliphatic carbocycles. The lowest BCUT2D eigenvalue weighted by Gasteiger charge is -2.07. The molecule has 1 aromatic heterocycles. The van der Waals surface area contributed by atoms with Crippen LogP contribution >= 0.6 is 11.3 Å². The van der Waals surface area contributed by atoms with Crippen LogP contribution in [-0.4, -0.2) is 37.3 Å². The molecule has 0 aliphatic heterocycles. The minimum absolute atomic E-state index is 0.0759. The van der Waals surface area contributed by atoms with Crippen molar-refractivity contribution in [3.05, 3.63) is 52.8 Å². The van der Waals surface area contributed by atoms with Gasteiger partial charge in [-0.05, 0) is 42.8 Å². The van der Waals surface area contributed by atoms with Gasteiger partial charge in [-0.25, -0.2) is 0 Å². The average molecular weight is 443 g/mol. The fourth-order valence-corrected chi connectivity index (χ4v) is 4.12. The van der Waals surface area contributed by atoms with Gasteiger partial charge in [-0.3, -0.25) is 9.59 Å². The lowest BCUT2D eigenvalue weighted by atomic mass is 10.2. The van der Waals surface area contributed by atoms with Gasteiger partial charge in [0.25, 0.3) is 5.91 Å². The lowest BCUT2D eigenvalue weighted by molar-refractivity contribution is -0.141. The monoisotopic (exact) mass is 442 g/mol. The summed E-state index contributed by atoms with van der Waals surface area (Å²) < 4.78 is 18.4. The maximum absolute atomic E-state index is 12.8. The third-order valence-electron chi connectivity index (χ3n) is 4.71. The van der Waals surface area contributed by atoms with E-state index in [1.807, 2.05) is 12.1 Å². The van der Waals surface area contributed by atoms with Crippen molar-refractivity contribution in [1.29, 1.82) is 0 Å². The zero-order valence-corrected chi connectivity index (χ0v) is 18.7. The maximum Gasteiger partial charge on any atom is 0.325 e. The van der Waals surface area contributed by atoms with E-state index in [-0.39, 0.29) is 6.54 Å². The fourth-order valence-electron chi connectivity index (χ4n) is 3.08. The van der Waals surface area contributed by atoms with Crippen LogP contribution in [0.15, 0.2) is 47.5 Å². The summed E-state index contributed by atoms with van der Waals surface area (Å²) in [5, 5.41) is 0. The molecule has 164 valence electrons. The van der Waals surface area contributed by atoms with Crippen molar-refractivity contribution in [2.45, 2.75) is 32.7 Å². The number of thiazole rings is 1. The smallest absolute Gasteiger partial charge is 0.325 e. The van der Waals surface area contributed by atoms with Gasteiger partial charge in [-0.2, -0.15) is 4.99 Å². The summed E-state index contributed by atoms with van der Waals surface area (Å²) in [6, 6.07) is 12.5. The summed E-state index contributed by atoms with van der Waals surface area (Å²) in [5.74, 6) is 0.474. The molecule has 3 aromatic rings. The van der Waals surface area contributed by atoms with Gasteiger partial charge in [0, 0.05) is 5.56 Å². The standard InChI is InChI=1S/C23H26N2O5S/c1-4-5-6-14-30-17-12-10-16(11-13-17)22(27)24-23-25(15-20(26)29-3)21-18(28-2)8-7-9-19(21)31-23/h7-13H,4-6,14-15H2,1-3H3. The number of rotatable bonds is 9. The predicted octanol–water partition coefficient (Wildman–Crippen LogP) is 4.19. The molecule has 0 N–H and O–H groups in total. The van der Waals surface area contributed by atoms with Crippen LogP contribution < -0.4 is 14.3 Å². The van der Waals surface area contributed by atoms with E-state index in [9.17, 15) is 9.59 Å². The Balaban J connectivity index is 1.91. The minimum Gasteiger partial charge on any atom is -0.495 e. The van der Waals surface area contributed by atoms with Crippen LogP contribution in [0.5, 0.6) is 11.5 Å². The highest BCUT2D eigenvalue weighted by Crippen LogP contribution is 2.27. The summed E-state index contributed by atoms with van der Waals surface area (Å²) in [5.41, 5.74) is 1.14. The molecule has 0 aliphatic rings. The molecule has 0 atom stereocenters. The highest BCUT2D eigenvalue weighted by molar-refractivity contribution is 7.16. The number of ether oxygens (including phenoxy) is 3. The van der Waals surface area contributed by atoms with E-state index in [2.05, 4.69) is 11.9 Å². The zero-order chi connectivity index (χ0) is 22.2. The van der Waals surface area contributed by atoms with Gasteiger partial charge >= 0.3 is 5.97 Å². The van der Waals surface area contributed by atoms with E-state index in [1.54, 1.807) is 42.0 Å². The third-order valence-corrected chi connectivity index (χ3v) is 5.76. The maximum atomic E-state index is 12.8. The molecule has 0 spiro atoms. The van der Waals surface area contributed by atoms with E-state index >= 15 is 0 Å². The Morgan fingerprint density at radius 3 is 2.52 bits per heavy atom. The summed E-state index contributed by atoms with van der Waals surface area (Å²) in [4.78, 5) is 29.5. The Kier molecular flexibility index (Phi) is 7.83. The molecule has 0 bridgehead atoms. The van der Waals surface area contributed by atoms with Gasteiger partial charge in [0.05, 0.1) is 25.5 Å². The van der Waals surface area contributed by atoms with E-state index in [4.69, 9.17) is 14.2 Å². The van der Waals surface area contributed by atoms with Crippen LogP contribution in [0.3, 0.4) is 0 Å². The second-order valence-corrected chi connectivity index (χ2v) is 7.86. The van der Waals surface area contributed by atoms with Crippen molar-refractivity contribution in [1.82, 2.24) is 4.57 Å². The third kappa shape index (κ3) is 5.52. The van der Waals surface area contributed by atoms with Crippen LogP contribution in [0, 0.1) is 0 Å². The molecular weight excluding hydrogens is 416 g/mol. The molecule has 0 fully saturated rings. The summed E-state index contributed by atoms with van der Waals surface area (Å²) >= 11 is 1.31. The molecule has 0 radical (unpaired) electrons. The van der Waals surface area contributed by atoms with Gasteiger partial charge in [0.1, 0.15) is 23.6 Å². The molecule has 8 heteroatoms. The Morgan fingerprint density at radius 1 is 1.06 bits per heavy atom. The number of nitrogens with zero attached hydrogens (tertiary/aromatic N) is 2. The quantitative estimate of drug-likeness (QED) is 0.367. The van der Waals surface area contributed by atoms with Crippen LogP contribution in [0.2, 0.25) is 0 Å². The van der Waals surface area contributed by atoms with E-state index in [0.29, 0.717) is 28.2 Å². The van der Waals surface area contributed by atoms with Crippen molar-refractivity contribution < 1.29 is 23.8 Å². The highest BCUT2D eigenvalue weighted by atomic mass is 32.1. The molecule has 2 aromatic carbocycles. The first kappa shape index (κ1) is 22.6. The van der Waals surface area contributed by atoms with Gasteiger partial charge in [0.15, 0.2) is 4.80 Å². The number of amides is 1. The van der Waals surface area contributed by atoms with E-state index < -0.39 is 11.9 Å². The van der Waals surface area contributed by atoms with E-state index in [1.165, 1.54) is 18.4 Å². The van der Waals surface area contributed by atoms with Crippen molar-refractivity contribution >= 4 is 33.4 Å². The predicted molar refractivity (Wildman–Crippen MR) is 120 cm³/mol. The van der Waals surface area contributed by atoms with E-state index in [0.717, 1.165) is 29.7 Å². The molecular formula is C23H26N2O5S. The first-order chi connectivity index (χ1) is 15.1. The number of carbonyl (C=O) groups excluding carboxylic acids is 2. The van der Waals surface area contributed by atoms with Crippen LogP contribution in [-0.2, 0) is 16.1 Å². The molecule has 0 saturated carbocycles. The van der Waals surface area contributed by atoms with Crippen molar-refractivity contribution in [3.63, 3.8) is 0 Å². The van der Waals surface area contributed by atoms with Crippen LogP contribution in [0.4, 0.5) is 0 Å². The first-order valence-electron chi connectivity index (χ1n) is 10.1. The Hall–Kier alpha value is -3.13. The lowest BCUT2D eigenvalue weighted by Crippen LogP contribution is -2.22. The zero-order valence-electron chi connectivity index (χ0n) is 17.9. The number of hydrogen-bond donors (Lipinski definition) is 0. The largest absolute Gasteiger partial charge is 0.495 e. The summed E-state index contributed by atoms with van der Waals surface area (Å²) in [6.45, 7) is 2.72. The molecule has 1 heterocycles. The van der Waals surface area contributed by atoms with Crippen LogP contribution in [0.1, 0.15) is 36.5 Å². The Labute approximate surface area is 184 Å². The Bertz CT molecular complexity index is 1120. The molecule has 31 heavy (non-hydrogen) atoms.